The summed E-state index contributed by atoms with van der Waals surface area (Å²) in [7, 11) is 0. The van der Waals surface area contributed by atoms with Crippen LogP contribution in [0.5, 0.6) is 0 Å². The van der Waals surface area contributed by atoms with Crippen LogP contribution in [-0.4, -0.2) is 45.3 Å². The number of hydrogen-bond donors (Lipinski definition) is 1. The van der Waals surface area contributed by atoms with E-state index in [2.05, 4.69) is 70.1 Å². The number of aromatic nitrogens is 3. The molecule has 0 amide bonds. The molecule has 0 radical (unpaired) electrons. The largest absolute Gasteiger partial charge is 0.360 e. The predicted molar refractivity (Wildman–Crippen MR) is 171 cm³/mol. The third-order valence-corrected chi connectivity index (χ3v) is 7.31. The van der Waals surface area contributed by atoms with E-state index >= 15 is 0 Å². The minimum absolute atomic E-state index is 0.619. The summed E-state index contributed by atoms with van der Waals surface area (Å²) in [5, 5.41) is 0. The Hall–Kier alpha value is -4.51. The molecule has 5 nitrogen and oxygen atoms in total. The number of pyridine rings is 1. The van der Waals surface area contributed by atoms with Gasteiger partial charge in [-0.15, -0.1) is 0 Å². The first-order valence-electron chi connectivity index (χ1n) is 14.6. The molecular formula is C36H39N5. The molecule has 1 saturated heterocycles. The molecule has 0 bridgehead atoms. The van der Waals surface area contributed by atoms with E-state index in [0.717, 1.165) is 40.4 Å². The number of rotatable bonds is 4. The highest BCUT2D eigenvalue weighted by atomic mass is 15.2. The van der Waals surface area contributed by atoms with Crippen LogP contribution in [0.1, 0.15) is 44.6 Å². The minimum Gasteiger partial charge on any atom is -0.360 e. The number of aromatic amines is 1. The number of fused-ring (bicyclic) bond motifs is 1. The van der Waals surface area contributed by atoms with Gasteiger partial charge >= 0.3 is 0 Å². The van der Waals surface area contributed by atoms with Crippen molar-refractivity contribution in [2.24, 2.45) is 4.99 Å². The molecule has 2 aliphatic heterocycles. The van der Waals surface area contributed by atoms with E-state index in [1.54, 1.807) is 0 Å². The standard InChI is InChI=1S/C21H16N2.C8H11N.C7H12N2/c1-4-10-16(11-5-1)19-20(17-12-6-2-7-13-17)23-21(22-19)18-14-8-3-9-15-18;1-7(2)8-3-5-9-6-4-8;1-3-7-8-4-2-6-9(7)5-1/h1-15H,(H,22,23);3-7H,1-2H3;1-6H2. The fourth-order valence-electron chi connectivity index (χ4n) is 5.08. The predicted octanol–water partition coefficient (Wildman–Crippen LogP) is 8.50. The van der Waals surface area contributed by atoms with Crippen molar-refractivity contribution in [3.63, 3.8) is 0 Å². The van der Waals surface area contributed by atoms with Crippen LogP contribution in [0.15, 0.2) is 121 Å². The summed E-state index contributed by atoms with van der Waals surface area (Å²) < 4.78 is 0. The zero-order chi connectivity index (χ0) is 28.3. The minimum atomic E-state index is 0.619. The van der Waals surface area contributed by atoms with Gasteiger partial charge in [0.2, 0.25) is 0 Å². The maximum absolute atomic E-state index is 4.87. The van der Waals surface area contributed by atoms with Gasteiger partial charge in [-0.2, -0.15) is 0 Å². The maximum Gasteiger partial charge on any atom is 0.138 e. The summed E-state index contributed by atoms with van der Waals surface area (Å²) in [6, 6.07) is 34.9. The van der Waals surface area contributed by atoms with Gasteiger partial charge in [0, 0.05) is 55.1 Å². The zero-order valence-electron chi connectivity index (χ0n) is 24.1. The number of H-pyrrole nitrogens is 1. The Bertz CT molecular complexity index is 1440. The van der Waals surface area contributed by atoms with Gasteiger partial charge in [-0.3, -0.25) is 9.98 Å². The molecule has 1 N–H and O–H groups in total. The van der Waals surface area contributed by atoms with Crippen LogP contribution in [0.4, 0.5) is 0 Å². The molecule has 0 atom stereocenters. The van der Waals surface area contributed by atoms with Crippen LogP contribution < -0.4 is 0 Å². The fraction of sp³-hybridized carbons (Fsp3) is 0.250. The number of aliphatic imine (C=N–C) groups is 1. The molecule has 3 aromatic carbocycles. The normalized spacial score (nSPS) is 13.8. The van der Waals surface area contributed by atoms with E-state index in [0.29, 0.717) is 5.92 Å². The summed E-state index contributed by atoms with van der Waals surface area (Å²) in [5.41, 5.74) is 6.73. The second-order valence-corrected chi connectivity index (χ2v) is 10.6. The molecule has 0 spiro atoms. The van der Waals surface area contributed by atoms with Gasteiger partial charge in [-0.1, -0.05) is 105 Å². The lowest BCUT2D eigenvalue weighted by atomic mass is 10.1. The number of benzene rings is 3. The number of hydrogen-bond acceptors (Lipinski definition) is 4. The molecule has 2 aromatic heterocycles. The number of nitrogens with zero attached hydrogens (tertiary/aromatic N) is 4. The van der Waals surface area contributed by atoms with Gasteiger partial charge in [0.15, 0.2) is 0 Å². The van der Waals surface area contributed by atoms with Gasteiger partial charge in [0.05, 0.1) is 17.2 Å². The van der Waals surface area contributed by atoms with E-state index in [1.807, 2.05) is 79.1 Å². The first-order chi connectivity index (χ1) is 20.2. The van der Waals surface area contributed by atoms with Crippen molar-refractivity contribution in [2.45, 2.75) is 39.0 Å². The molecule has 2 aliphatic rings. The Kier molecular flexibility index (Phi) is 9.72. The summed E-state index contributed by atoms with van der Waals surface area (Å²) >= 11 is 0. The van der Waals surface area contributed by atoms with Crippen molar-refractivity contribution in [3.05, 3.63) is 121 Å². The van der Waals surface area contributed by atoms with Crippen LogP contribution in [0.3, 0.4) is 0 Å². The zero-order valence-corrected chi connectivity index (χ0v) is 24.1. The second kappa shape index (κ2) is 14.2. The quantitative estimate of drug-likeness (QED) is 0.248. The number of imidazole rings is 1. The highest BCUT2D eigenvalue weighted by molar-refractivity contribution is 5.84. The Balaban J connectivity index is 0.000000153. The summed E-state index contributed by atoms with van der Waals surface area (Å²) in [5.74, 6) is 2.89. The highest BCUT2D eigenvalue weighted by Gasteiger charge is 2.19. The first kappa shape index (κ1) is 28.0. The van der Waals surface area contributed by atoms with E-state index in [9.17, 15) is 0 Å². The molecule has 41 heavy (non-hydrogen) atoms. The Labute approximate surface area is 244 Å². The lowest BCUT2D eigenvalue weighted by molar-refractivity contribution is 0.427. The molecule has 0 saturated carbocycles. The molecule has 0 aliphatic carbocycles. The highest BCUT2D eigenvalue weighted by Crippen LogP contribution is 2.32. The smallest absolute Gasteiger partial charge is 0.138 e. The second-order valence-electron chi connectivity index (χ2n) is 10.6. The third-order valence-electron chi connectivity index (χ3n) is 7.31. The average Bonchev–Trinajstić information content (AvgIpc) is 3.72. The van der Waals surface area contributed by atoms with Gasteiger partial charge in [0.25, 0.3) is 0 Å². The van der Waals surface area contributed by atoms with Crippen molar-refractivity contribution >= 4 is 5.84 Å². The average molecular weight is 542 g/mol. The topological polar surface area (TPSA) is 57.2 Å². The summed E-state index contributed by atoms with van der Waals surface area (Å²) in [6.45, 7) is 7.95. The fourth-order valence-corrected chi connectivity index (χ4v) is 5.08. The molecule has 1 fully saturated rings. The Morgan fingerprint density at radius 1 is 0.683 bits per heavy atom. The Morgan fingerprint density at radius 2 is 1.27 bits per heavy atom. The summed E-state index contributed by atoms with van der Waals surface area (Å²) in [6.07, 6.45) is 7.49. The third kappa shape index (κ3) is 7.57. The SMILES string of the molecule is C1CN=C2CCCN2C1.CC(C)c1ccncc1.c1ccc(-c2nc(-c3ccccc3)c(-c3ccccc3)[nH]2)cc1. The maximum atomic E-state index is 4.87. The van der Waals surface area contributed by atoms with Crippen LogP contribution in [-0.2, 0) is 0 Å². The van der Waals surface area contributed by atoms with Crippen molar-refractivity contribution < 1.29 is 0 Å². The summed E-state index contributed by atoms with van der Waals surface area (Å²) in [4.78, 5) is 19.2. The lowest BCUT2D eigenvalue weighted by Crippen LogP contribution is -2.29. The molecule has 4 heterocycles. The molecule has 0 unspecified atom stereocenters. The van der Waals surface area contributed by atoms with Gasteiger partial charge in [0.1, 0.15) is 5.82 Å². The van der Waals surface area contributed by atoms with E-state index in [-0.39, 0.29) is 0 Å². The lowest BCUT2D eigenvalue weighted by Gasteiger charge is -2.21. The molecule has 208 valence electrons. The molecular weight excluding hydrogens is 502 g/mol. The molecule has 7 rings (SSSR count). The first-order valence-corrected chi connectivity index (χ1v) is 14.6. The Morgan fingerprint density at radius 3 is 1.85 bits per heavy atom. The van der Waals surface area contributed by atoms with Crippen LogP contribution in [0.25, 0.3) is 33.9 Å². The molecule has 5 aromatic rings. The monoisotopic (exact) mass is 541 g/mol. The molecule has 5 heteroatoms. The number of nitrogens with one attached hydrogen (secondary N) is 1. The van der Waals surface area contributed by atoms with E-state index < -0.39 is 0 Å². The van der Waals surface area contributed by atoms with Gasteiger partial charge in [-0.25, -0.2) is 4.98 Å². The van der Waals surface area contributed by atoms with E-state index in [4.69, 9.17) is 4.98 Å². The number of amidine groups is 1. The van der Waals surface area contributed by atoms with Crippen molar-refractivity contribution in [1.82, 2.24) is 19.9 Å². The van der Waals surface area contributed by atoms with Crippen LogP contribution in [0, 0.1) is 0 Å². The van der Waals surface area contributed by atoms with Crippen molar-refractivity contribution in [1.29, 1.82) is 0 Å². The van der Waals surface area contributed by atoms with E-state index in [1.165, 1.54) is 43.8 Å². The van der Waals surface area contributed by atoms with Gasteiger partial charge in [-0.05, 0) is 36.5 Å². The van der Waals surface area contributed by atoms with Crippen LogP contribution >= 0.6 is 0 Å². The van der Waals surface area contributed by atoms with Crippen molar-refractivity contribution in [2.75, 3.05) is 19.6 Å². The van der Waals surface area contributed by atoms with Gasteiger partial charge < -0.3 is 9.88 Å². The van der Waals surface area contributed by atoms with Crippen molar-refractivity contribution in [3.8, 4) is 33.9 Å². The van der Waals surface area contributed by atoms with Crippen LogP contribution in [0.2, 0.25) is 0 Å².